The molecule has 2 aliphatic heterocycles. The van der Waals surface area contributed by atoms with Gasteiger partial charge in [0.15, 0.2) is 0 Å². The number of hydrogen-bond donors (Lipinski definition) is 1. The van der Waals surface area contributed by atoms with Gasteiger partial charge in [-0.05, 0) is 26.3 Å². The minimum atomic E-state index is 0.0697. The van der Waals surface area contributed by atoms with Gasteiger partial charge in [-0.2, -0.15) is 0 Å². The summed E-state index contributed by atoms with van der Waals surface area (Å²) in [6, 6.07) is 0.0697. The van der Waals surface area contributed by atoms with Crippen molar-refractivity contribution in [2.24, 2.45) is 0 Å². The Morgan fingerprint density at radius 1 is 1.57 bits per heavy atom. The summed E-state index contributed by atoms with van der Waals surface area (Å²) in [6.07, 6.45) is 2.30. The molecule has 1 amide bonds. The summed E-state index contributed by atoms with van der Waals surface area (Å²) in [7, 11) is 0. The Morgan fingerprint density at radius 3 is 3.07 bits per heavy atom. The number of nitrogens with one attached hydrogen (secondary N) is 1. The van der Waals surface area contributed by atoms with Crippen LogP contribution >= 0.6 is 0 Å². The molecule has 2 atom stereocenters. The van der Waals surface area contributed by atoms with Crippen LogP contribution in [0.4, 0.5) is 0 Å². The van der Waals surface area contributed by atoms with E-state index in [4.69, 9.17) is 4.74 Å². The average molecular weight is 198 g/mol. The highest BCUT2D eigenvalue weighted by molar-refractivity contribution is 5.82. The Kier molecular flexibility index (Phi) is 3.03. The number of rotatable bonds is 1. The molecule has 2 rings (SSSR count). The van der Waals surface area contributed by atoms with Crippen molar-refractivity contribution in [1.29, 1.82) is 0 Å². The van der Waals surface area contributed by atoms with E-state index in [1.54, 1.807) is 0 Å². The largest absolute Gasteiger partial charge is 0.375 e. The van der Waals surface area contributed by atoms with Gasteiger partial charge in [-0.1, -0.05) is 0 Å². The third-order valence-corrected chi connectivity index (χ3v) is 2.91. The molecule has 0 aliphatic carbocycles. The van der Waals surface area contributed by atoms with Crippen LogP contribution in [0.5, 0.6) is 0 Å². The molecule has 2 saturated heterocycles. The summed E-state index contributed by atoms with van der Waals surface area (Å²) in [5, 5.41) is 3.24. The Hall–Kier alpha value is -0.610. The van der Waals surface area contributed by atoms with E-state index >= 15 is 0 Å². The molecule has 80 valence electrons. The van der Waals surface area contributed by atoms with Crippen LogP contribution in [0.2, 0.25) is 0 Å². The van der Waals surface area contributed by atoms with Crippen molar-refractivity contribution in [1.82, 2.24) is 10.2 Å². The zero-order valence-corrected chi connectivity index (χ0v) is 8.66. The van der Waals surface area contributed by atoms with Gasteiger partial charge in [0.1, 0.15) is 0 Å². The number of ether oxygens (including phenoxy) is 1. The lowest BCUT2D eigenvalue weighted by Gasteiger charge is -2.32. The second-order valence-electron chi connectivity index (χ2n) is 4.11. The summed E-state index contributed by atoms with van der Waals surface area (Å²) < 4.78 is 5.41. The Bertz CT molecular complexity index is 214. The predicted octanol–water partition coefficient (Wildman–Crippen LogP) is -0.0143. The lowest BCUT2D eigenvalue weighted by molar-refractivity contribution is -0.140. The molecule has 1 N–H and O–H groups in total. The topological polar surface area (TPSA) is 41.6 Å². The lowest BCUT2D eigenvalue weighted by atomic mass is 10.2. The van der Waals surface area contributed by atoms with Crippen molar-refractivity contribution in [2.45, 2.75) is 31.9 Å². The van der Waals surface area contributed by atoms with E-state index in [1.165, 1.54) is 0 Å². The Labute approximate surface area is 84.6 Å². The van der Waals surface area contributed by atoms with E-state index in [-0.39, 0.29) is 18.1 Å². The van der Waals surface area contributed by atoms with Gasteiger partial charge in [0.2, 0.25) is 5.91 Å². The monoisotopic (exact) mass is 198 g/mol. The number of nitrogens with zero attached hydrogens (tertiary/aromatic N) is 1. The maximum absolute atomic E-state index is 12.0. The van der Waals surface area contributed by atoms with Crippen molar-refractivity contribution in [3.8, 4) is 0 Å². The van der Waals surface area contributed by atoms with Gasteiger partial charge in [-0.3, -0.25) is 4.79 Å². The summed E-state index contributed by atoms with van der Waals surface area (Å²) in [6.45, 7) is 5.18. The summed E-state index contributed by atoms with van der Waals surface area (Å²) in [5.74, 6) is 0.262. The first-order valence-electron chi connectivity index (χ1n) is 5.41. The first-order valence-corrected chi connectivity index (χ1v) is 5.41. The van der Waals surface area contributed by atoms with Crippen LogP contribution in [0, 0.1) is 0 Å². The normalized spacial score (nSPS) is 33.4. The zero-order chi connectivity index (χ0) is 9.97. The van der Waals surface area contributed by atoms with Gasteiger partial charge in [0, 0.05) is 13.1 Å². The van der Waals surface area contributed by atoms with E-state index in [0.29, 0.717) is 6.61 Å². The molecule has 2 fully saturated rings. The van der Waals surface area contributed by atoms with Gasteiger partial charge in [-0.15, -0.1) is 0 Å². The Morgan fingerprint density at radius 2 is 2.43 bits per heavy atom. The maximum atomic E-state index is 12.0. The smallest absolute Gasteiger partial charge is 0.239 e. The van der Waals surface area contributed by atoms with Gasteiger partial charge in [0.25, 0.3) is 0 Å². The van der Waals surface area contributed by atoms with Crippen LogP contribution < -0.4 is 5.32 Å². The fourth-order valence-corrected chi connectivity index (χ4v) is 2.13. The van der Waals surface area contributed by atoms with Crippen molar-refractivity contribution in [2.75, 3.05) is 26.2 Å². The van der Waals surface area contributed by atoms with Crippen LogP contribution in [-0.2, 0) is 9.53 Å². The molecule has 0 radical (unpaired) electrons. The van der Waals surface area contributed by atoms with Crippen molar-refractivity contribution < 1.29 is 9.53 Å². The quantitative estimate of drug-likeness (QED) is 0.644. The van der Waals surface area contributed by atoms with E-state index in [2.05, 4.69) is 5.32 Å². The van der Waals surface area contributed by atoms with E-state index < -0.39 is 0 Å². The van der Waals surface area contributed by atoms with Gasteiger partial charge < -0.3 is 15.0 Å². The van der Waals surface area contributed by atoms with Crippen molar-refractivity contribution in [3.05, 3.63) is 0 Å². The molecule has 1 unspecified atom stereocenters. The SMILES string of the molecule is C[C@H]1CN(C(=O)C2CCCN2)CCO1. The third kappa shape index (κ3) is 2.07. The molecule has 0 spiro atoms. The van der Waals surface area contributed by atoms with Gasteiger partial charge >= 0.3 is 0 Å². The van der Waals surface area contributed by atoms with E-state index in [1.807, 2.05) is 11.8 Å². The predicted molar refractivity (Wildman–Crippen MR) is 53.0 cm³/mol. The molecule has 0 aromatic carbocycles. The highest BCUT2D eigenvalue weighted by Gasteiger charge is 2.29. The van der Waals surface area contributed by atoms with Crippen LogP contribution in [0.25, 0.3) is 0 Å². The lowest BCUT2D eigenvalue weighted by Crippen LogP contribution is -2.50. The van der Waals surface area contributed by atoms with Crippen LogP contribution in [0.1, 0.15) is 19.8 Å². The molecule has 0 aromatic heterocycles. The molecule has 0 aromatic rings. The van der Waals surface area contributed by atoms with E-state index in [9.17, 15) is 4.79 Å². The third-order valence-electron chi connectivity index (χ3n) is 2.91. The molecule has 14 heavy (non-hydrogen) atoms. The van der Waals surface area contributed by atoms with Gasteiger partial charge in [-0.25, -0.2) is 0 Å². The first-order chi connectivity index (χ1) is 6.77. The van der Waals surface area contributed by atoms with Gasteiger partial charge in [0.05, 0.1) is 18.8 Å². The number of carbonyl (C=O) groups excluding carboxylic acids is 1. The second-order valence-corrected chi connectivity index (χ2v) is 4.11. The fraction of sp³-hybridized carbons (Fsp3) is 0.900. The second kappa shape index (κ2) is 4.28. The highest BCUT2D eigenvalue weighted by Crippen LogP contribution is 2.11. The molecule has 0 bridgehead atoms. The molecular weight excluding hydrogens is 180 g/mol. The Balaban J connectivity index is 1.89. The molecule has 4 heteroatoms. The van der Waals surface area contributed by atoms with E-state index in [0.717, 1.165) is 32.5 Å². The van der Waals surface area contributed by atoms with Crippen molar-refractivity contribution >= 4 is 5.91 Å². The average Bonchev–Trinajstić information content (AvgIpc) is 2.69. The maximum Gasteiger partial charge on any atom is 0.239 e. The number of amides is 1. The summed E-state index contributed by atoms with van der Waals surface area (Å²) in [5.41, 5.74) is 0. The molecule has 4 nitrogen and oxygen atoms in total. The molecule has 2 heterocycles. The van der Waals surface area contributed by atoms with Crippen LogP contribution in [0.3, 0.4) is 0 Å². The first kappa shape index (κ1) is 9.93. The summed E-state index contributed by atoms with van der Waals surface area (Å²) >= 11 is 0. The zero-order valence-electron chi connectivity index (χ0n) is 8.66. The van der Waals surface area contributed by atoms with Crippen molar-refractivity contribution in [3.63, 3.8) is 0 Å². The summed E-state index contributed by atoms with van der Waals surface area (Å²) in [4.78, 5) is 13.9. The number of carbonyl (C=O) groups is 1. The molecule has 0 saturated carbocycles. The fourth-order valence-electron chi connectivity index (χ4n) is 2.13. The minimum Gasteiger partial charge on any atom is -0.375 e. The number of morpholine rings is 1. The molecule has 2 aliphatic rings. The number of hydrogen-bond acceptors (Lipinski definition) is 3. The van der Waals surface area contributed by atoms with Crippen LogP contribution in [0.15, 0.2) is 0 Å². The molecular formula is C10H18N2O2. The standard InChI is InChI=1S/C10H18N2O2/c1-8-7-12(5-6-14-8)10(13)9-3-2-4-11-9/h8-9,11H,2-7H2,1H3/t8-,9?/m0/s1. The van der Waals surface area contributed by atoms with Crippen LogP contribution in [-0.4, -0.2) is 49.2 Å². The minimum absolute atomic E-state index is 0.0697. The highest BCUT2D eigenvalue weighted by atomic mass is 16.5.